The number of hydrogen-bond donors (Lipinski definition) is 2. The predicted octanol–water partition coefficient (Wildman–Crippen LogP) is 4.62. The molecule has 3 aliphatic heterocycles. The fraction of sp³-hybridized carbons (Fsp3) is 0.606. The molecule has 1 saturated carbocycles. The molecule has 0 unspecified atom stereocenters. The number of allylic oxidation sites excluding steroid dienone is 1. The van der Waals surface area contributed by atoms with Crippen molar-refractivity contribution in [2.75, 3.05) is 19.0 Å². The minimum atomic E-state index is -1.14. The summed E-state index contributed by atoms with van der Waals surface area (Å²) < 4.78 is 11.8. The average Bonchev–Trinajstić information content (AvgIpc) is 3.62. The van der Waals surface area contributed by atoms with E-state index in [4.69, 9.17) is 9.47 Å². The van der Waals surface area contributed by atoms with E-state index in [1.54, 1.807) is 36.3 Å². The zero-order valence-corrected chi connectivity index (χ0v) is 24.4. The summed E-state index contributed by atoms with van der Waals surface area (Å²) in [6.07, 6.45) is 13.9. The summed E-state index contributed by atoms with van der Waals surface area (Å²) in [6, 6.07) is 6.39. The lowest BCUT2D eigenvalue weighted by atomic mass is 9.73. The van der Waals surface area contributed by atoms with Gasteiger partial charge in [-0.3, -0.25) is 14.4 Å². The largest absolute Gasteiger partial charge is 0.497 e. The first-order chi connectivity index (χ1) is 19.8. The lowest BCUT2D eigenvalue weighted by Gasteiger charge is -2.38. The van der Waals surface area contributed by atoms with Crippen molar-refractivity contribution in [3.8, 4) is 5.75 Å². The van der Waals surface area contributed by atoms with Gasteiger partial charge in [-0.2, -0.15) is 0 Å². The van der Waals surface area contributed by atoms with E-state index in [1.807, 2.05) is 12.2 Å². The van der Waals surface area contributed by atoms with Crippen LogP contribution in [0.1, 0.15) is 65.2 Å². The fourth-order valence-electron chi connectivity index (χ4n) is 7.85. The monoisotopic (exact) mass is 561 g/mol. The van der Waals surface area contributed by atoms with Crippen LogP contribution in [0.25, 0.3) is 0 Å². The van der Waals surface area contributed by atoms with E-state index in [2.05, 4.69) is 30.6 Å². The van der Waals surface area contributed by atoms with Crippen molar-refractivity contribution in [3.05, 3.63) is 48.1 Å². The molecule has 3 amide bonds. The third-order valence-electron chi connectivity index (χ3n) is 10.4. The van der Waals surface area contributed by atoms with Gasteiger partial charge in [0.25, 0.3) is 0 Å². The molecule has 6 rings (SSSR count). The number of fused-ring (bicyclic) bond motifs is 1. The van der Waals surface area contributed by atoms with Gasteiger partial charge in [-0.1, -0.05) is 50.5 Å². The predicted molar refractivity (Wildman–Crippen MR) is 156 cm³/mol. The molecule has 2 N–H and O–H groups in total. The Morgan fingerprint density at radius 3 is 2.63 bits per heavy atom. The van der Waals surface area contributed by atoms with Crippen LogP contribution in [-0.4, -0.2) is 60.1 Å². The molecule has 41 heavy (non-hydrogen) atoms. The topological polar surface area (TPSA) is 97.0 Å². The zero-order valence-electron chi connectivity index (χ0n) is 24.4. The maximum Gasteiger partial charge on any atom is 0.246 e. The number of hydrogen-bond acceptors (Lipinski definition) is 5. The van der Waals surface area contributed by atoms with Gasteiger partial charge < -0.3 is 25.0 Å². The Morgan fingerprint density at radius 2 is 1.90 bits per heavy atom. The van der Waals surface area contributed by atoms with Crippen molar-refractivity contribution >= 4 is 23.4 Å². The quantitative estimate of drug-likeness (QED) is 0.452. The van der Waals surface area contributed by atoms with E-state index in [0.717, 1.165) is 38.5 Å². The van der Waals surface area contributed by atoms with Crippen LogP contribution >= 0.6 is 0 Å². The average molecular weight is 562 g/mol. The Morgan fingerprint density at radius 1 is 1.10 bits per heavy atom. The molecule has 1 aromatic rings. The number of methoxy groups -OCH3 is 1. The summed E-state index contributed by atoms with van der Waals surface area (Å²) in [5.41, 5.74) is 0.831. The van der Waals surface area contributed by atoms with E-state index >= 15 is 0 Å². The van der Waals surface area contributed by atoms with Crippen molar-refractivity contribution in [3.63, 3.8) is 0 Å². The Kier molecular flexibility index (Phi) is 7.70. The normalized spacial score (nSPS) is 35.7. The van der Waals surface area contributed by atoms with Crippen LogP contribution in [0.5, 0.6) is 5.75 Å². The number of ether oxygens (including phenoxy) is 2. The van der Waals surface area contributed by atoms with Gasteiger partial charge in [0.2, 0.25) is 17.7 Å². The second-order valence-corrected chi connectivity index (χ2v) is 12.7. The molecule has 5 aliphatic rings. The van der Waals surface area contributed by atoms with Gasteiger partial charge >= 0.3 is 0 Å². The number of benzene rings is 1. The summed E-state index contributed by atoms with van der Waals surface area (Å²) in [4.78, 5) is 43.8. The molecule has 1 aromatic carbocycles. The highest BCUT2D eigenvalue weighted by Crippen LogP contribution is 2.55. The summed E-state index contributed by atoms with van der Waals surface area (Å²) >= 11 is 0. The van der Waals surface area contributed by atoms with Crippen molar-refractivity contribution in [2.24, 2.45) is 23.7 Å². The number of amides is 3. The highest BCUT2D eigenvalue weighted by molar-refractivity contribution is 6.02. The van der Waals surface area contributed by atoms with Gasteiger partial charge in [0.05, 0.1) is 25.0 Å². The van der Waals surface area contributed by atoms with Crippen LogP contribution in [0.2, 0.25) is 0 Å². The molecule has 8 atom stereocenters. The molecule has 220 valence electrons. The molecule has 1 spiro atoms. The van der Waals surface area contributed by atoms with E-state index in [9.17, 15) is 14.4 Å². The zero-order chi connectivity index (χ0) is 28.7. The second kappa shape index (κ2) is 11.3. The molecule has 8 heteroatoms. The number of carbonyl (C=O) groups is 3. The molecule has 3 heterocycles. The minimum absolute atomic E-state index is 0.0662. The lowest BCUT2D eigenvalue weighted by Crippen LogP contribution is -2.58. The molecule has 2 bridgehead atoms. The SMILES string of the molecule is COc1ccc(NC(=O)[C@@H]2[C@@H]3C=C[C@]4(O3)[C@@H]2C(=O)N(CCC2=CCCCC2)[C@H]4C(=O)N[C@@H]2CCC[C@H](C)[C@@H]2C)cc1. The number of anilines is 1. The Hall–Kier alpha value is -3.13. The summed E-state index contributed by atoms with van der Waals surface area (Å²) in [5, 5.41) is 6.32. The number of carbonyl (C=O) groups excluding carboxylic acids is 3. The molecular weight excluding hydrogens is 518 g/mol. The van der Waals surface area contributed by atoms with Gasteiger partial charge in [-0.15, -0.1) is 0 Å². The van der Waals surface area contributed by atoms with Gasteiger partial charge in [-0.25, -0.2) is 0 Å². The molecule has 8 nitrogen and oxygen atoms in total. The Balaban J connectivity index is 1.27. The highest BCUT2D eigenvalue weighted by atomic mass is 16.5. The Labute approximate surface area is 242 Å². The van der Waals surface area contributed by atoms with Gasteiger partial charge in [0, 0.05) is 18.3 Å². The number of rotatable bonds is 8. The van der Waals surface area contributed by atoms with E-state index in [1.165, 1.54) is 18.4 Å². The van der Waals surface area contributed by atoms with Crippen LogP contribution in [0.3, 0.4) is 0 Å². The third kappa shape index (κ3) is 4.98. The molecular formula is C33H43N3O5. The fourth-order valence-corrected chi connectivity index (χ4v) is 7.85. The molecule has 3 fully saturated rings. The smallest absolute Gasteiger partial charge is 0.246 e. The number of nitrogens with zero attached hydrogens (tertiary/aromatic N) is 1. The first-order valence-corrected chi connectivity index (χ1v) is 15.4. The van der Waals surface area contributed by atoms with E-state index < -0.39 is 29.6 Å². The third-order valence-corrected chi connectivity index (χ3v) is 10.4. The highest BCUT2D eigenvalue weighted by Gasteiger charge is 2.72. The summed E-state index contributed by atoms with van der Waals surface area (Å²) in [5.74, 6) is -0.456. The van der Waals surface area contributed by atoms with Crippen LogP contribution in [0, 0.1) is 23.7 Å². The van der Waals surface area contributed by atoms with Crippen molar-refractivity contribution < 1.29 is 23.9 Å². The summed E-state index contributed by atoms with van der Waals surface area (Å²) in [6.45, 7) is 4.91. The van der Waals surface area contributed by atoms with Crippen LogP contribution < -0.4 is 15.4 Å². The van der Waals surface area contributed by atoms with Gasteiger partial charge in [-0.05, 0) is 74.6 Å². The Bertz CT molecular complexity index is 1240. The standard InChI is InChI=1S/C33H43N3O5/c1-20-8-7-11-25(21(20)2)35-31(38)29-33-18-16-26(41-33)27(30(37)34-23-12-14-24(40-3)15-13-23)28(33)32(39)36(29)19-17-22-9-5-4-6-10-22/h9,12-16,18,20-21,25-29H,4-8,10-11,17,19H2,1-3H3,(H,34,37)(H,35,38)/t20-,21-,25+,26-,27+,28-,29-,33-/m0/s1. The van der Waals surface area contributed by atoms with Gasteiger partial charge in [0.15, 0.2) is 0 Å². The van der Waals surface area contributed by atoms with Gasteiger partial charge in [0.1, 0.15) is 17.4 Å². The van der Waals surface area contributed by atoms with Crippen molar-refractivity contribution in [1.82, 2.24) is 10.2 Å². The first kappa shape index (κ1) is 28.0. The number of nitrogens with one attached hydrogen (secondary N) is 2. The van der Waals surface area contributed by atoms with Crippen molar-refractivity contribution in [1.29, 1.82) is 0 Å². The van der Waals surface area contributed by atoms with E-state index in [0.29, 0.717) is 29.8 Å². The molecule has 2 aliphatic carbocycles. The lowest BCUT2D eigenvalue weighted by molar-refractivity contribution is -0.141. The molecule has 0 aromatic heterocycles. The van der Waals surface area contributed by atoms with Crippen molar-refractivity contribution in [2.45, 2.75) is 89.0 Å². The first-order valence-electron chi connectivity index (χ1n) is 15.4. The molecule has 0 radical (unpaired) electrons. The van der Waals surface area contributed by atoms with Crippen LogP contribution in [0.4, 0.5) is 5.69 Å². The minimum Gasteiger partial charge on any atom is -0.497 e. The second-order valence-electron chi connectivity index (χ2n) is 12.7. The maximum atomic E-state index is 14.2. The number of likely N-dealkylation sites (tertiary alicyclic amines) is 1. The van der Waals surface area contributed by atoms with Crippen LogP contribution in [0.15, 0.2) is 48.1 Å². The van der Waals surface area contributed by atoms with Crippen LogP contribution in [-0.2, 0) is 19.1 Å². The molecule has 2 saturated heterocycles. The van der Waals surface area contributed by atoms with E-state index in [-0.39, 0.29) is 23.8 Å². The summed E-state index contributed by atoms with van der Waals surface area (Å²) in [7, 11) is 1.59. The maximum absolute atomic E-state index is 14.2.